The molecule has 4 heterocycles. The summed E-state index contributed by atoms with van der Waals surface area (Å²) < 4.78 is 23.1. The van der Waals surface area contributed by atoms with Gasteiger partial charge in [0.15, 0.2) is 5.65 Å². The van der Waals surface area contributed by atoms with Crippen LogP contribution >= 0.6 is 0 Å². The molecule has 0 spiro atoms. The zero-order chi connectivity index (χ0) is 37.0. The number of pyridine rings is 1. The first-order chi connectivity index (χ1) is 25.0. The van der Waals surface area contributed by atoms with Gasteiger partial charge >= 0.3 is 0 Å². The first kappa shape index (κ1) is 37.4. The Balaban J connectivity index is 1.37. The summed E-state index contributed by atoms with van der Waals surface area (Å²) >= 11 is 0. The standard InChI is InChI=1S/C40H53FN8O3/c1-6-35-33(36(45-30-13-17-52-18-14-30)32-21-44-49(7-2)37(32)46-35)25-48(39(51)40(4,5)38(42)50)24-28-11-12-34(41)31(20-28)29-10-8-9-27(19-29)23-47-16-15-43-26(3)22-47/h8-12,19-21,26,30,43H,6-7,13-18,22-25H2,1-5H3,(H2,42,50)(H,45,46)/t26-/m0/s1. The van der Waals surface area contributed by atoms with Gasteiger partial charge in [0.2, 0.25) is 11.8 Å². The van der Waals surface area contributed by atoms with E-state index in [-0.39, 0.29) is 24.9 Å². The van der Waals surface area contributed by atoms with Crippen LogP contribution in [0.1, 0.15) is 69.8 Å². The van der Waals surface area contributed by atoms with Crippen LogP contribution in [0.4, 0.5) is 10.1 Å². The van der Waals surface area contributed by atoms with Crippen molar-refractivity contribution in [2.75, 3.05) is 38.2 Å². The number of aryl methyl sites for hydroxylation is 2. The second-order valence-electron chi connectivity index (χ2n) is 14.7. The van der Waals surface area contributed by atoms with Crippen molar-refractivity contribution in [2.24, 2.45) is 11.1 Å². The van der Waals surface area contributed by atoms with Crippen molar-refractivity contribution < 1.29 is 18.7 Å². The van der Waals surface area contributed by atoms with E-state index in [4.69, 9.17) is 15.5 Å². The Hall–Kier alpha value is -4.39. The van der Waals surface area contributed by atoms with Crippen molar-refractivity contribution >= 4 is 28.5 Å². The first-order valence-electron chi connectivity index (χ1n) is 18.6. The van der Waals surface area contributed by atoms with E-state index in [1.165, 1.54) is 6.07 Å². The molecule has 2 aromatic heterocycles. The minimum absolute atomic E-state index is 0.132. The van der Waals surface area contributed by atoms with E-state index in [9.17, 15) is 9.59 Å². The maximum Gasteiger partial charge on any atom is 0.238 e. The average Bonchev–Trinajstić information content (AvgIpc) is 3.55. The Morgan fingerprint density at radius 3 is 2.62 bits per heavy atom. The van der Waals surface area contributed by atoms with Crippen molar-refractivity contribution in [3.8, 4) is 11.1 Å². The van der Waals surface area contributed by atoms with Gasteiger partial charge in [-0.25, -0.2) is 14.1 Å². The number of nitrogens with two attached hydrogens (primary N) is 1. The highest BCUT2D eigenvalue weighted by Gasteiger charge is 2.38. The van der Waals surface area contributed by atoms with Crippen molar-refractivity contribution in [1.82, 2.24) is 29.9 Å². The van der Waals surface area contributed by atoms with Crippen LogP contribution in [0.15, 0.2) is 48.7 Å². The van der Waals surface area contributed by atoms with Crippen LogP contribution in [0.3, 0.4) is 0 Å². The summed E-state index contributed by atoms with van der Waals surface area (Å²) in [5, 5.41) is 12.8. The number of benzene rings is 2. The predicted octanol–water partition coefficient (Wildman–Crippen LogP) is 5.24. The third-order valence-electron chi connectivity index (χ3n) is 10.5. The van der Waals surface area contributed by atoms with E-state index in [0.717, 1.165) is 83.7 Å². The highest BCUT2D eigenvalue weighted by atomic mass is 19.1. The Kier molecular flexibility index (Phi) is 11.6. The topological polar surface area (TPSA) is 131 Å². The number of aromatic nitrogens is 3. The Bertz CT molecular complexity index is 1900. The molecule has 0 aliphatic carbocycles. The lowest BCUT2D eigenvalue weighted by Crippen LogP contribution is -2.48. The predicted molar refractivity (Wildman–Crippen MR) is 202 cm³/mol. The summed E-state index contributed by atoms with van der Waals surface area (Å²) in [4.78, 5) is 36.2. The van der Waals surface area contributed by atoms with E-state index in [2.05, 4.69) is 33.6 Å². The van der Waals surface area contributed by atoms with Crippen LogP contribution in [0, 0.1) is 11.2 Å². The minimum atomic E-state index is -1.48. The number of amides is 2. The van der Waals surface area contributed by atoms with Crippen LogP contribution in [-0.2, 0) is 46.9 Å². The summed E-state index contributed by atoms with van der Waals surface area (Å²) in [6.07, 6.45) is 4.14. The van der Waals surface area contributed by atoms with E-state index < -0.39 is 17.2 Å². The quantitative estimate of drug-likeness (QED) is 0.161. The van der Waals surface area contributed by atoms with Crippen LogP contribution in [-0.4, -0.2) is 81.3 Å². The molecule has 0 saturated carbocycles. The molecule has 0 radical (unpaired) electrons. The van der Waals surface area contributed by atoms with Gasteiger partial charge in [-0.1, -0.05) is 31.2 Å². The number of rotatable bonds is 13. The number of anilines is 1. The molecule has 11 nitrogen and oxygen atoms in total. The normalized spacial score (nSPS) is 17.4. The molecular weight excluding hydrogens is 659 g/mol. The third-order valence-corrected chi connectivity index (χ3v) is 10.5. The van der Waals surface area contributed by atoms with Gasteiger partial charge < -0.3 is 26.0 Å². The van der Waals surface area contributed by atoms with E-state index in [1.54, 1.807) is 24.8 Å². The molecule has 0 unspecified atom stereocenters. The molecule has 6 rings (SSSR count). The number of hydrogen-bond acceptors (Lipinski definition) is 8. The second kappa shape index (κ2) is 16.1. The third kappa shape index (κ3) is 8.14. The number of hydrogen-bond donors (Lipinski definition) is 3. The Morgan fingerprint density at radius 2 is 1.90 bits per heavy atom. The van der Waals surface area contributed by atoms with Gasteiger partial charge in [-0.05, 0) is 81.8 Å². The summed E-state index contributed by atoms with van der Waals surface area (Å²) in [6, 6.07) is 13.6. The number of primary amides is 1. The zero-order valence-electron chi connectivity index (χ0n) is 31.2. The molecule has 4 aromatic rings. The fraction of sp³-hybridized carbons (Fsp3) is 0.500. The zero-order valence-corrected chi connectivity index (χ0v) is 31.2. The highest BCUT2D eigenvalue weighted by molar-refractivity contribution is 6.03. The lowest BCUT2D eigenvalue weighted by molar-refractivity contribution is -0.148. The smallest absolute Gasteiger partial charge is 0.238 e. The van der Waals surface area contributed by atoms with Crippen LogP contribution in [0.5, 0.6) is 0 Å². The van der Waals surface area contributed by atoms with Crippen molar-refractivity contribution in [3.05, 3.63) is 76.9 Å². The highest BCUT2D eigenvalue weighted by Crippen LogP contribution is 2.34. The van der Waals surface area contributed by atoms with E-state index >= 15 is 4.39 Å². The van der Waals surface area contributed by atoms with Crippen molar-refractivity contribution in [3.63, 3.8) is 0 Å². The van der Waals surface area contributed by atoms with Gasteiger partial charge in [0.25, 0.3) is 0 Å². The minimum Gasteiger partial charge on any atom is -0.381 e. The Morgan fingerprint density at radius 1 is 1.12 bits per heavy atom. The first-order valence-corrected chi connectivity index (χ1v) is 18.6. The molecular formula is C40H53FN8O3. The number of nitrogens with zero attached hydrogens (tertiary/aromatic N) is 5. The van der Waals surface area contributed by atoms with Gasteiger partial charge in [0.05, 0.1) is 17.3 Å². The molecule has 2 fully saturated rings. The monoisotopic (exact) mass is 712 g/mol. The molecule has 2 saturated heterocycles. The number of ether oxygens (including phenoxy) is 1. The fourth-order valence-corrected chi connectivity index (χ4v) is 7.34. The molecule has 278 valence electrons. The SMILES string of the molecule is CCc1nc2c(cnn2CC)c(NC2CCOCC2)c1CN(Cc1ccc(F)c(-c2cccc(CN3CCN[C@@H](C)C3)c2)c1)C(=O)C(C)(C)C(N)=O. The van der Waals surface area contributed by atoms with Crippen LogP contribution in [0.2, 0.25) is 0 Å². The van der Waals surface area contributed by atoms with Gasteiger partial charge in [0, 0.05) is 87.9 Å². The van der Waals surface area contributed by atoms with Gasteiger partial charge in [-0.15, -0.1) is 0 Å². The van der Waals surface area contributed by atoms with Crippen LogP contribution < -0.4 is 16.4 Å². The largest absolute Gasteiger partial charge is 0.381 e. The van der Waals surface area contributed by atoms with Gasteiger partial charge in [-0.3, -0.25) is 14.5 Å². The Labute approximate surface area is 306 Å². The maximum absolute atomic E-state index is 15.6. The fourth-order valence-electron chi connectivity index (χ4n) is 7.34. The number of nitrogens with one attached hydrogen (secondary N) is 2. The molecule has 2 amide bonds. The number of carbonyl (C=O) groups excluding carboxylic acids is 2. The molecule has 2 aliphatic heterocycles. The summed E-state index contributed by atoms with van der Waals surface area (Å²) in [6.45, 7) is 15.3. The van der Waals surface area contributed by atoms with Crippen molar-refractivity contribution in [2.45, 2.75) is 92.1 Å². The number of fused-ring (bicyclic) bond motifs is 1. The molecule has 1 atom stereocenters. The average molecular weight is 713 g/mol. The number of piperazine rings is 1. The lowest BCUT2D eigenvalue weighted by atomic mass is 9.90. The number of carbonyl (C=O) groups is 2. The van der Waals surface area contributed by atoms with E-state index in [0.29, 0.717) is 37.8 Å². The van der Waals surface area contributed by atoms with Gasteiger partial charge in [0.1, 0.15) is 11.2 Å². The number of halogens is 1. The van der Waals surface area contributed by atoms with Gasteiger partial charge in [-0.2, -0.15) is 5.10 Å². The van der Waals surface area contributed by atoms with E-state index in [1.807, 2.05) is 49.0 Å². The second-order valence-corrected chi connectivity index (χ2v) is 14.7. The molecule has 2 aromatic carbocycles. The molecule has 52 heavy (non-hydrogen) atoms. The summed E-state index contributed by atoms with van der Waals surface area (Å²) in [5.74, 6) is -1.47. The molecule has 2 aliphatic rings. The lowest BCUT2D eigenvalue weighted by Gasteiger charge is -2.32. The molecule has 4 N–H and O–H groups in total. The summed E-state index contributed by atoms with van der Waals surface area (Å²) in [7, 11) is 0. The maximum atomic E-state index is 15.6. The molecule has 12 heteroatoms. The molecule has 0 bridgehead atoms. The van der Waals surface area contributed by atoms with Crippen molar-refractivity contribution in [1.29, 1.82) is 0 Å². The van der Waals surface area contributed by atoms with Crippen LogP contribution in [0.25, 0.3) is 22.2 Å². The summed E-state index contributed by atoms with van der Waals surface area (Å²) in [5.41, 5.74) is 10.8.